The summed E-state index contributed by atoms with van der Waals surface area (Å²) in [5.41, 5.74) is 7.04. The summed E-state index contributed by atoms with van der Waals surface area (Å²) < 4.78 is 34.1. The predicted molar refractivity (Wildman–Crippen MR) is 133 cm³/mol. The van der Waals surface area contributed by atoms with Crippen molar-refractivity contribution in [2.24, 2.45) is 11.7 Å². The summed E-state index contributed by atoms with van der Waals surface area (Å²) in [6, 6.07) is 4.65. The molecule has 0 aliphatic carbocycles. The summed E-state index contributed by atoms with van der Waals surface area (Å²) in [7, 11) is 3.23. The van der Waals surface area contributed by atoms with Gasteiger partial charge in [0.2, 0.25) is 5.91 Å². The lowest BCUT2D eigenvalue weighted by molar-refractivity contribution is -0.127. The van der Waals surface area contributed by atoms with Crippen molar-refractivity contribution in [3.05, 3.63) is 54.0 Å². The van der Waals surface area contributed by atoms with Gasteiger partial charge in [-0.05, 0) is 42.5 Å². The van der Waals surface area contributed by atoms with Gasteiger partial charge in [0.25, 0.3) is 5.91 Å². The molecule has 1 aliphatic rings. The van der Waals surface area contributed by atoms with Crippen LogP contribution in [0.4, 0.5) is 14.6 Å². The number of nitrogens with one attached hydrogen (secondary N) is 1. The Kier molecular flexibility index (Phi) is 7.54. The molecule has 0 spiro atoms. The van der Waals surface area contributed by atoms with E-state index in [2.05, 4.69) is 33.8 Å². The van der Waals surface area contributed by atoms with Crippen LogP contribution in [0.3, 0.4) is 0 Å². The van der Waals surface area contributed by atoms with E-state index in [1.807, 2.05) is 0 Å². The maximum absolute atomic E-state index is 13.2. The Hall–Kier alpha value is -4.24. The number of halogens is 2. The zero-order valence-corrected chi connectivity index (χ0v) is 20.4. The number of primary amides is 1. The average Bonchev–Trinajstić information content (AvgIpc) is 3.57. The lowest BCUT2D eigenvalue weighted by Crippen LogP contribution is -2.37. The van der Waals surface area contributed by atoms with E-state index in [0.717, 1.165) is 10.9 Å². The van der Waals surface area contributed by atoms with Gasteiger partial charge < -0.3 is 20.7 Å². The number of alkyl halides is 2. The Labute approximate surface area is 212 Å². The molecule has 3 heterocycles. The molecular formula is C25H27F2N7O3. The highest BCUT2D eigenvalue weighted by molar-refractivity contribution is 6.00. The van der Waals surface area contributed by atoms with Gasteiger partial charge in [-0.1, -0.05) is 12.5 Å². The van der Waals surface area contributed by atoms with Crippen molar-refractivity contribution in [1.82, 2.24) is 24.2 Å². The zero-order chi connectivity index (χ0) is 26.7. The molecule has 2 atom stereocenters. The van der Waals surface area contributed by atoms with Crippen molar-refractivity contribution < 1.29 is 23.1 Å². The number of methoxy groups -OCH3 is 1. The smallest absolute Gasteiger partial charge is 0.320 e. The maximum Gasteiger partial charge on any atom is 0.320 e. The number of rotatable bonds is 8. The number of anilines is 1. The zero-order valence-electron chi connectivity index (χ0n) is 20.4. The van der Waals surface area contributed by atoms with Crippen LogP contribution in [-0.4, -0.2) is 69.4 Å². The van der Waals surface area contributed by atoms with Crippen molar-refractivity contribution in [3.63, 3.8) is 0 Å². The second kappa shape index (κ2) is 10.8. The van der Waals surface area contributed by atoms with E-state index < -0.39 is 12.5 Å². The van der Waals surface area contributed by atoms with Crippen molar-refractivity contribution in [2.75, 3.05) is 32.6 Å². The predicted octanol–water partition coefficient (Wildman–Crippen LogP) is 2.22. The van der Waals surface area contributed by atoms with E-state index in [4.69, 9.17) is 10.5 Å². The van der Waals surface area contributed by atoms with Crippen LogP contribution in [0.2, 0.25) is 0 Å². The Morgan fingerprint density at radius 1 is 1.38 bits per heavy atom. The van der Waals surface area contributed by atoms with E-state index in [0.29, 0.717) is 43.0 Å². The van der Waals surface area contributed by atoms with E-state index in [1.54, 1.807) is 35.9 Å². The number of hydrogen-bond acceptors (Lipinski definition) is 6. The molecule has 194 valence electrons. The minimum atomic E-state index is -2.74. The molecule has 12 heteroatoms. The number of ether oxygens (including phenoxy) is 1. The van der Waals surface area contributed by atoms with Gasteiger partial charge in [-0.15, -0.1) is 0 Å². The van der Waals surface area contributed by atoms with Crippen LogP contribution in [0.5, 0.6) is 0 Å². The molecule has 1 saturated heterocycles. The minimum absolute atomic E-state index is 0.0367. The molecule has 0 bridgehead atoms. The van der Waals surface area contributed by atoms with Crippen LogP contribution in [0.25, 0.3) is 11.0 Å². The Balaban J connectivity index is 1.65. The molecule has 4 rings (SSSR count). The van der Waals surface area contributed by atoms with Gasteiger partial charge in [0, 0.05) is 32.8 Å². The lowest BCUT2D eigenvalue weighted by atomic mass is 10.1. The highest BCUT2D eigenvalue weighted by Crippen LogP contribution is 2.28. The molecule has 10 nitrogen and oxygen atoms in total. The number of imidazole rings is 1. The molecule has 1 aromatic carbocycles. The van der Waals surface area contributed by atoms with Gasteiger partial charge in [-0.2, -0.15) is 13.9 Å². The Bertz CT molecular complexity index is 1400. The standard InChI is InChI=1S/C25H27F2N7O3/c1-4-21(35)32-11-16(9-17(32)13-37-3)12-34-24(29-2)22(23(28)36)19(31-34)8-6-15-5-7-18-20(10-15)33(14-30-18)25(26)27/h4-5,7,10,14,16-17,25,29H,1,9,11-13H2,2-3H3,(H2,28,36)/t16-,17+/m0/s1. The van der Waals surface area contributed by atoms with Crippen LogP contribution < -0.4 is 11.1 Å². The molecule has 2 aromatic heterocycles. The maximum atomic E-state index is 13.2. The quantitative estimate of drug-likeness (QED) is 0.354. The van der Waals surface area contributed by atoms with E-state index in [9.17, 15) is 18.4 Å². The average molecular weight is 512 g/mol. The fourth-order valence-electron chi connectivity index (χ4n) is 4.69. The molecule has 3 aromatic rings. The molecule has 0 saturated carbocycles. The van der Waals surface area contributed by atoms with Crippen molar-refractivity contribution in [1.29, 1.82) is 0 Å². The number of aromatic nitrogens is 4. The topological polar surface area (TPSA) is 120 Å². The van der Waals surface area contributed by atoms with Gasteiger partial charge in [0.1, 0.15) is 17.7 Å². The highest BCUT2D eigenvalue weighted by Gasteiger charge is 2.35. The highest BCUT2D eigenvalue weighted by atomic mass is 19.3. The lowest BCUT2D eigenvalue weighted by Gasteiger charge is -2.22. The number of benzene rings is 1. The summed E-state index contributed by atoms with van der Waals surface area (Å²) in [6.45, 7) is 2.11. The molecule has 2 amide bonds. The molecule has 1 aliphatic heterocycles. The first kappa shape index (κ1) is 25.8. The van der Waals surface area contributed by atoms with Crippen LogP contribution in [-0.2, 0) is 16.1 Å². The third kappa shape index (κ3) is 5.17. The number of amides is 2. The number of hydrogen-bond donors (Lipinski definition) is 2. The molecule has 37 heavy (non-hydrogen) atoms. The number of likely N-dealkylation sites (tertiary alicyclic amines) is 1. The minimum Gasteiger partial charge on any atom is -0.383 e. The first-order chi connectivity index (χ1) is 17.8. The first-order valence-electron chi connectivity index (χ1n) is 11.5. The Morgan fingerprint density at radius 2 is 2.16 bits per heavy atom. The van der Waals surface area contributed by atoms with Gasteiger partial charge in [-0.25, -0.2) is 9.67 Å². The van der Waals surface area contributed by atoms with Crippen LogP contribution in [0.15, 0.2) is 37.2 Å². The molecule has 0 radical (unpaired) electrons. The van der Waals surface area contributed by atoms with Crippen molar-refractivity contribution in [2.45, 2.75) is 25.6 Å². The molecule has 3 N–H and O–H groups in total. The second-order valence-electron chi connectivity index (χ2n) is 8.66. The number of nitrogens with zero attached hydrogens (tertiary/aromatic N) is 5. The number of carbonyl (C=O) groups is 2. The molecule has 0 unspecified atom stereocenters. The van der Waals surface area contributed by atoms with E-state index >= 15 is 0 Å². The van der Waals surface area contributed by atoms with E-state index in [-0.39, 0.29) is 34.6 Å². The largest absolute Gasteiger partial charge is 0.383 e. The Morgan fingerprint density at radius 3 is 2.81 bits per heavy atom. The third-order valence-corrected chi connectivity index (χ3v) is 6.29. The van der Waals surface area contributed by atoms with Crippen LogP contribution in [0.1, 0.15) is 34.6 Å². The summed E-state index contributed by atoms with van der Waals surface area (Å²) in [5, 5.41) is 7.50. The summed E-state index contributed by atoms with van der Waals surface area (Å²) in [6.07, 6.45) is 3.03. The van der Waals surface area contributed by atoms with Gasteiger partial charge in [0.05, 0.1) is 23.7 Å². The van der Waals surface area contributed by atoms with Gasteiger partial charge in [0.15, 0.2) is 5.69 Å². The van der Waals surface area contributed by atoms with Crippen molar-refractivity contribution in [3.8, 4) is 11.8 Å². The number of fused-ring (bicyclic) bond motifs is 1. The van der Waals surface area contributed by atoms with Crippen LogP contribution in [0, 0.1) is 17.8 Å². The second-order valence-corrected chi connectivity index (χ2v) is 8.66. The summed E-state index contributed by atoms with van der Waals surface area (Å²) in [4.78, 5) is 30.3. The monoisotopic (exact) mass is 511 g/mol. The van der Waals surface area contributed by atoms with Crippen LogP contribution >= 0.6 is 0 Å². The first-order valence-corrected chi connectivity index (χ1v) is 11.5. The fourth-order valence-corrected chi connectivity index (χ4v) is 4.69. The fraction of sp³-hybridized carbons (Fsp3) is 0.360. The molecular weight excluding hydrogens is 484 g/mol. The SMILES string of the molecule is C=CC(=O)N1C[C@@H](Cn2nc(C#Cc3ccc4ncn(C(F)F)c4c3)c(C(N)=O)c2NC)C[C@@H]1COC. The summed E-state index contributed by atoms with van der Waals surface area (Å²) >= 11 is 0. The number of nitrogens with two attached hydrogens (primary N) is 1. The number of carbonyl (C=O) groups excluding carboxylic acids is 2. The van der Waals surface area contributed by atoms with Crippen molar-refractivity contribution >= 4 is 28.7 Å². The third-order valence-electron chi connectivity index (χ3n) is 6.29. The van der Waals surface area contributed by atoms with E-state index in [1.165, 1.54) is 12.1 Å². The summed E-state index contributed by atoms with van der Waals surface area (Å²) in [5.74, 6) is 5.31. The normalized spacial score (nSPS) is 17.2. The van der Waals surface area contributed by atoms with Gasteiger partial charge >= 0.3 is 6.55 Å². The van der Waals surface area contributed by atoms with Gasteiger partial charge in [-0.3, -0.25) is 14.2 Å². The molecule has 1 fully saturated rings.